The van der Waals surface area contributed by atoms with E-state index in [0.29, 0.717) is 19.3 Å². The fourth-order valence-corrected chi connectivity index (χ4v) is 7.31. The summed E-state index contributed by atoms with van der Waals surface area (Å²) in [6, 6.07) is 0. The van der Waals surface area contributed by atoms with E-state index in [2.05, 4.69) is 81.5 Å². The molecule has 0 aliphatic rings. The first-order valence-corrected chi connectivity index (χ1v) is 26.3. The SMILES string of the molecule is CC\C=C/C=C\C=C/CCCCCCCCCC(=O)OC(COC(=O)CCCCC/C=C\CCCCCCCC)COC(=O)CCCCCCC/C=C\CCCCCCCCC. The zero-order valence-corrected chi connectivity index (χ0v) is 40.9. The highest BCUT2D eigenvalue weighted by Crippen LogP contribution is 2.14. The van der Waals surface area contributed by atoms with Crippen molar-refractivity contribution in [2.75, 3.05) is 13.2 Å². The quantitative estimate of drug-likeness (QED) is 0.0199. The molecule has 0 saturated heterocycles. The van der Waals surface area contributed by atoms with Crippen LogP contribution in [0.1, 0.15) is 258 Å². The zero-order chi connectivity index (χ0) is 45.1. The van der Waals surface area contributed by atoms with Gasteiger partial charge in [0.2, 0.25) is 0 Å². The van der Waals surface area contributed by atoms with Crippen LogP contribution in [0.25, 0.3) is 0 Å². The number of hydrogen-bond donors (Lipinski definition) is 0. The van der Waals surface area contributed by atoms with Crippen molar-refractivity contribution in [1.29, 1.82) is 0 Å². The van der Waals surface area contributed by atoms with Gasteiger partial charge >= 0.3 is 17.9 Å². The molecule has 62 heavy (non-hydrogen) atoms. The van der Waals surface area contributed by atoms with Gasteiger partial charge in [-0.1, -0.05) is 210 Å². The third kappa shape index (κ3) is 48.1. The molecule has 0 aromatic heterocycles. The molecule has 358 valence electrons. The number of rotatable bonds is 47. The first-order chi connectivity index (χ1) is 30.5. The molecule has 0 aliphatic heterocycles. The highest BCUT2D eigenvalue weighted by atomic mass is 16.6. The van der Waals surface area contributed by atoms with Gasteiger partial charge in [-0.25, -0.2) is 0 Å². The average molecular weight is 867 g/mol. The van der Waals surface area contributed by atoms with Crippen LogP contribution in [0.5, 0.6) is 0 Å². The number of carbonyl (C=O) groups excluding carboxylic acids is 3. The summed E-state index contributed by atoms with van der Waals surface area (Å²) in [7, 11) is 0. The number of esters is 3. The van der Waals surface area contributed by atoms with Crippen LogP contribution >= 0.6 is 0 Å². The van der Waals surface area contributed by atoms with Crippen LogP contribution in [0.15, 0.2) is 60.8 Å². The van der Waals surface area contributed by atoms with Crippen LogP contribution in [0, 0.1) is 0 Å². The Morgan fingerprint density at radius 2 is 0.645 bits per heavy atom. The molecule has 0 fully saturated rings. The molecule has 6 heteroatoms. The summed E-state index contributed by atoms with van der Waals surface area (Å²) in [6.07, 6.45) is 62.0. The van der Waals surface area contributed by atoms with Gasteiger partial charge in [0.1, 0.15) is 13.2 Å². The second kappa shape index (κ2) is 50.8. The largest absolute Gasteiger partial charge is 0.462 e. The van der Waals surface area contributed by atoms with Gasteiger partial charge < -0.3 is 14.2 Å². The molecular formula is C56H98O6. The van der Waals surface area contributed by atoms with Crippen molar-refractivity contribution in [3.63, 3.8) is 0 Å². The molecule has 0 aromatic carbocycles. The van der Waals surface area contributed by atoms with Gasteiger partial charge in [0, 0.05) is 19.3 Å². The minimum absolute atomic E-state index is 0.0878. The third-order valence-electron chi connectivity index (χ3n) is 11.3. The number of carbonyl (C=O) groups is 3. The molecule has 0 N–H and O–H groups in total. The number of hydrogen-bond acceptors (Lipinski definition) is 6. The molecule has 1 unspecified atom stereocenters. The van der Waals surface area contributed by atoms with Crippen molar-refractivity contribution in [1.82, 2.24) is 0 Å². The molecule has 0 radical (unpaired) electrons. The van der Waals surface area contributed by atoms with E-state index in [4.69, 9.17) is 14.2 Å². The van der Waals surface area contributed by atoms with Crippen molar-refractivity contribution in [3.05, 3.63) is 60.8 Å². The van der Waals surface area contributed by atoms with Crippen molar-refractivity contribution in [2.45, 2.75) is 264 Å². The van der Waals surface area contributed by atoms with Crippen LogP contribution in [0.4, 0.5) is 0 Å². The maximum Gasteiger partial charge on any atom is 0.306 e. The van der Waals surface area contributed by atoms with Crippen LogP contribution in [0.2, 0.25) is 0 Å². The van der Waals surface area contributed by atoms with E-state index < -0.39 is 6.10 Å². The summed E-state index contributed by atoms with van der Waals surface area (Å²) < 4.78 is 16.8. The molecule has 6 nitrogen and oxygen atoms in total. The maximum atomic E-state index is 12.8. The molecule has 0 heterocycles. The van der Waals surface area contributed by atoms with Gasteiger partial charge in [-0.3, -0.25) is 14.4 Å². The number of unbranched alkanes of at least 4 members (excludes halogenated alkanes) is 28. The molecule has 0 aromatic rings. The summed E-state index contributed by atoms with van der Waals surface area (Å²) in [6.45, 7) is 6.48. The minimum atomic E-state index is -0.789. The summed E-state index contributed by atoms with van der Waals surface area (Å²) in [5.41, 5.74) is 0. The van der Waals surface area contributed by atoms with E-state index in [1.165, 1.54) is 128 Å². The molecule has 0 aliphatic carbocycles. The Morgan fingerprint density at radius 1 is 0.339 bits per heavy atom. The lowest BCUT2D eigenvalue weighted by Crippen LogP contribution is -2.30. The van der Waals surface area contributed by atoms with Gasteiger partial charge in [0.15, 0.2) is 6.10 Å². The number of ether oxygens (including phenoxy) is 3. The Bertz CT molecular complexity index is 1130. The van der Waals surface area contributed by atoms with Crippen LogP contribution in [0.3, 0.4) is 0 Å². The normalized spacial score (nSPS) is 12.5. The van der Waals surface area contributed by atoms with E-state index >= 15 is 0 Å². The Balaban J connectivity index is 4.42. The van der Waals surface area contributed by atoms with E-state index in [0.717, 1.165) is 89.9 Å². The van der Waals surface area contributed by atoms with Gasteiger partial charge in [0.05, 0.1) is 0 Å². The Kier molecular flexibility index (Phi) is 48.4. The van der Waals surface area contributed by atoms with E-state index in [-0.39, 0.29) is 31.1 Å². The summed E-state index contributed by atoms with van der Waals surface area (Å²) in [5, 5.41) is 0. The zero-order valence-electron chi connectivity index (χ0n) is 40.9. The first-order valence-electron chi connectivity index (χ1n) is 26.3. The molecule has 0 spiro atoms. The Hall–Kier alpha value is -2.89. The molecule has 0 bridgehead atoms. The summed E-state index contributed by atoms with van der Waals surface area (Å²) >= 11 is 0. The van der Waals surface area contributed by atoms with Crippen molar-refractivity contribution >= 4 is 17.9 Å². The highest BCUT2D eigenvalue weighted by molar-refractivity contribution is 5.71. The summed E-state index contributed by atoms with van der Waals surface area (Å²) in [4.78, 5) is 38.0. The van der Waals surface area contributed by atoms with Crippen LogP contribution in [-0.2, 0) is 28.6 Å². The smallest absolute Gasteiger partial charge is 0.306 e. The predicted octanol–water partition coefficient (Wildman–Crippen LogP) is 17.3. The Morgan fingerprint density at radius 3 is 1.03 bits per heavy atom. The predicted molar refractivity (Wildman–Crippen MR) is 265 cm³/mol. The van der Waals surface area contributed by atoms with E-state index in [9.17, 15) is 14.4 Å². The van der Waals surface area contributed by atoms with Gasteiger partial charge in [-0.15, -0.1) is 0 Å². The molecule has 0 saturated carbocycles. The van der Waals surface area contributed by atoms with Crippen molar-refractivity contribution in [3.8, 4) is 0 Å². The lowest BCUT2D eigenvalue weighted by Gasteiger charge is -2.18. The van der Waals surface area contributed by atoms with Crippen molar-refractivity contribution < 1.29 is 28.6 Å². The summed E-state index contributed by atoms with van der Waals surface area (Å²) in [5.74, 6) is -0.919. The maximum absolute atomic E-state index is 12.8. The monoisotopic (exact) mass is 867 g/mol. The van der Waals surface area contributed by atoms with Gasteiger partial charge in [0.25, 0.3) is 0 Å². The number of allylic oxidation sites excluding steroid dienone is 10. The molecule has 0 rings (SSSR count). The van der Waals surface area contributed by atoms with Crippen LogP contribution in [-0.4, -0.2) is 37.2 Å². The second-order valence-electron chi connectivity index (χ2n) is 17.5. The average Bonchev–Trinajstić information content (AvgIpc) is 3.27. The topological polar surface area (TPSA) is 78.9 Å². The minimum Gasteiger partial charge on any atom is -0.462 e. The van der Waals surface area contributed by atoms with Gasteiger partial charge in [-0.2, -0.15) is 0 Å². The fraction of sp³-hybridized carbons (Fsp3) is 0.768. The fourth-order valence-electron chi connectivity index (χ4n) is 7.31. The van der Waals surface area contributed by atoms with E-state index in [1.807, 2.05) is 0 Å². The molecular weight excluding hydrogens is 769 g/mol. The lowest BCUT2D eigenvalue weighted by atomic mass is 10.1. The Labute approximate surface area is 383 Å². The van der Waals surface area contributed by atoms with E-state index in [1.54, 1.807) is 0 Å². The molecule has 1 atom stereocenters. The third-order valence-corrected chi connectivity index (χ3v) is 11.3. The standard InChI is InChI=1S/C56H98O6/c1-4-7-10-13-16-19-22-25-27-29-31-34-37-40-43-46-49-55(58)61-52-53(51-60-54(57)48-45-42-39-36-33-30-24-21-18-15-12-9-6-3)62-56(59)50-47-44-41-38-35-32-28-26-23-20-17-14-11-8-5-2/h8,11,14,17,20,23,27,29-30,33,53H,4-7,9-10,12-13,15-16,18-19,21-22,24-26,28,31-32,34-52H2,1-3H3/b11-8-,17-14-,23-20-,29-27-,33-30-. The van der Waals surface area contributed by atoms with Crippen molar-refractivity contribution in [2.24, 2.45) is 0 Å². The molecule has 0 amide bonds. The second-order valence-corrected chi connectivity index (χ2v) is 17.5. The van der Waals surface area contributed by atoms with Gasteiger partial charge in [-0.05, 0) is 89.9 Å². The highest BCUT2D eigenvalue weighted by Gasteiger charge is 2.19. The first kappa shape index (κ1) is 59.1. The van der Waals surface area contributed by atoms with Crippen LogP contribution < -0.4 is 0 Å². The lowest BCUT2D eigenvalue weighted by molar-refractivity contribution is -0.167.